The first kappa shape index (κ1) is 14.0. The van der Waals surface area contributed by atoms with E-state index in [4.69, 9.17) is 4.74 Å². The Bertz CT molecular complexity index is 298. The molecule has 0 atom stereocenters. The third-order valence-electron chi connectivity index (χ3n) is 2.54. The zero-order valence-electron chi connectivity index (χ0n) is 10.8. The van der Waals surface area contributed by atoms with E-state index >= 15 is 0 Å². The molecule has 0 radical (unpaired) electrons. The maximum atomic E-state index is 11.9. The molecule has 0 aliphatic carbocycles. The van der Waals surface area contributed by atoms with Crippen LogP contribution in [0.1, 0.15) is 18.4 Å². The molecule has 0 unspecified atom stereocenters. The zero-order valence-corrected chi connectivity index (χ0v) is 10.8. The lowest BCUT2D eigenvalue weighted by Gasteiger charge is -2.09. The van der Waals surface area contributed by atoms with Gasteiger partial charge in [0.2, 0.25) is 0 Å². The lowest BCUT2D eigenvalue weighted by atomic mass is 10.1. The summed E-state index contributed by atoms with van der Waals surface area (Å²) in [5.74, 6) is 0.829. The maximum absolute atomic E-state index is 11.9. The fraction of sp³-hybridized carbons (Fsp3) is 0.571. The van der Waals surface area contributed by atoms with Crippen molar-refractivity contribution in [3.63, 3.8) is 0 Å². The quantitative estimate of drug-likeness (QED) is 0.647. The van der Waals surface area contributed by atoms with Crippen LogP contribution in [0.3, 0.4) is 0 Å². The maximum Gasteiger partial charge on any atom is 0.119 e. The van der Waals surface area contributed by atoms with Crippen molar-refractivity contribution >= 4 is 0 Å². The van der Waals surface area contributed by atoms with Gasteiger partial charge in [-0.3, -0.25) is 4.39 Å². The molecule has 0 aromatic heterocycles. The van der Waals surface area contributed by atoms with E-state index in [0.29, 0.717) is 13.0 Å². The van der Waals surface area contributed by atoms with Crippen LogP contribution in [-0.4, -0.2) is 38.8 Å². The Balaban J connectivity index is 2.29. The molecule has 2 nitrogen and oxygen atoms in total. The SMILES string of the molecule is CN(C)CCCc1ccc(OCCCF)cc1. The number of rotatable bonds is 8. The minimum atomic E-state index is -0.317. The van der Waals surface area contributed by atoms with Crippen molar-refractivity contribution in [1.29, 1.82) is 0 Å². The van der Waals surface area contributed by atoms with Gasteiger partial charge < -0.3 is 9.64 Å². The van der Waals surface area contributed by atoms with Crippen LogP contribution in [0.15, 0.2) is 24.3 Å². The number of benzene rings is 1. The van der Waals surface area contributed by atoms with Crippen LogP contribution >= 0.6 is 0 Å². The summed E-state index contributed by atoms with van der Waals surface area (Å²) in [6.45, 7) is 1.24. The summed E-state index contributed by atoms with van der Waals surface area (Å²) in [5.41, 5.74) is 1.32. The predicted molar refractivity (Wildman–Crippen MR) is 69.4 cm³/mol. The summed E-state index contributed by atoms with van der Waals surface area (Å²) >= 11 is 0. The molecule has 0 bridgehead atoms. The molecule has 0 spiro atoms. The number of ether oxygens (including phenoxy) is 1. The molecule has 0 amide bonds. The van der Waals surface area contributed by atoms with E-state index in [1.807, 2.05) is 12.1 Å². The van der Waals surface area contributed by atoms with Gasteiger partial charge in [-0.15, -0.1) is 0 Å². The van der Waals surface area contributed by atoms with Gasteiger partial charge in [0, 0.05) is 6.42 Å². The molecule has 0 aliphatic heterocycles. The number of alkyl halides is 1. The second-order valence-electron chi connectivity index (χ2n) is 4.44. The van der Waals surface area contributed by atoms with Gasteiger partial charge in [0.15, 0.2) is 0 Å². The van der Waals surface area contributed by atoms with Crippen molar-refractivity contribution < 1.29 is 9.13 Å². The minimum Gasteiger partial charge on any atom is -0.494 e. The Hall–Kier alpha value is -1.09. The molecule has 0 saturated carbocycles. The molecule has 0 heterocycles. The van der Waals surface area contributed by atoms with E-state index in [-0.39, 0.29) is 6.67 Å². The summed E-state index contributed by atoms with van der Waals surface area (Å²) in [6.07, 6.45) is 2.71. The molecule has 3 heteroatoms. The fourth-order valence-electron chi connectivity index (χ4n) is 1.60. The first-order chi connectivity index (χ1) is 8.22. The summed E-state index contributed by atoms with van der Waals surface area (Å²) in [6, 6.07) is 8.09. The van der Waals surface area contributed by atoms with Crippen LogP contribution in [0.25, 0.3) is 0 Å². The van der Waals surface area contributed by atoms with Crippen molar-refractivity contribution in [2.75, 3.05) is 33.9 Å². The Morgan fingerprint density at radius 1 is 1.12 bits per heavy atom. The largest absolute Gasteiger partial charge is 0.494 e. The third kappa shape index (κ3) is 6.27. The number of aryl methyl sites for hydroxylation is 1. The number of hydrogen-bond donors (Lipinski definition) is 0. The molecule has 17 heavy (non-hydrogen) atoms. The molecule has 0 N–H and O–H groups in total. The fourth-order valence-corrected chi connectivity index (χ4v) is 1.60. The molecule has 1 rings (SSSR count). The molecular formula is C14H22FNO. The normalized spacial score (nSPS) is 10.8. The van der Waals surface area contributed by atoms with Crippen LogP contribution < -0.4 is 4.74 Å². The molecule has 96 valence electrons. The third-order valence-corrected chi connectivity index (χ3v) is 2.54. The number of nitrogens with zero attached hydrogens (tertiary/aromatic N) is 1. The van der Waals surface area contributed by atoms with Crippen LogP contribution in [0.4, 0.5) is 4.39 Å². The molecule has 0 saturated heterocycles. The van der Waals surface area contributed by atoms with E-state index in [9.17, 15) is 4.39 Å². The van der Waals surface area contributed by atoms with Gasteiger partial charge in [-0.05, 0) is 51.2 Å². The van der Waals surface area contributed by atoms with Gasteiger partial charge in [0.1, 0.15) is 5.75 Å². The van der Waals surface area contributed by atoms with Crippen LogP contribution in [-0.2, 0) is 6.42 Å². The summed E-state index contributed by atoms with van der Waals surface area (Å²) in [4.78, 5) is 2.19. The molecular weight excluding hydrogens is 217 g/mol. The van der Waals surface area contributed by atoms with E-state index in [0.717, 1.165) is 25.1 Å². The highest BCUT2D eigenvalue weighted by atomic mass is 19.1. The van der Waals surface area contributed by atoms with Gasteiger partial charge in [-0.1, -0.05) is 12.1 Å². The van der Waals surface area contributed by atoms with Gasteiger partial charge in [-0.25, -0.2) is 0 Å². The van der Waals surface area contributed by atoms with E-state index in [2.05, 4.69) is 31.1 Å². The Morgan fingerprint density at radius 3 is 2.41 bits per heavy atom. The highest BCUT2D eigenvalue weighted by Gasteiger charge is 1.97. The average molecular weight is 239 g/mol. The molecule has 1 aromatic rings. The summed E-state index contributed by atoms with van der Waals surface area (Å²) < 4.78 is 17.3. The minimum absolute atomic E-state index is 0.317. The topological polar surface area (TPSA) is 12.5 Å². The van der Waals surface area contributed by atoms with Gasteiger partial charge in [0.25, 0.3) is 0 Å². The first-order valence-corrected chi connectivity index (χ1v) is 6.15. The van der Waals surface area contributed by atoms with Crippen molar-refractivity contribution in [2.24, 2.45) is 0 Å². The predicted octanol–water partition coefficient (Wildman–Crippen LogP) is 2.92. The second-order valence-corrected chi connectivity index (χ2v) is 4.44. The lowest BCUT2D eigenvalue weighted by Crippen LogP contribution is -2.13. The molecule has 0 fully saturated rings. The highest BCUT2D eigenvalue weighted by Crippen LogP contribution is 2.13. The number of hydrogen-bond acceptors (Lipinski definition) is 2. The lowest BCUT2D eigenvalue weighted by molar-refractivity contribution is 0.289. The first-order valence-electron chi connectivity index (χ1n) is 6.15. The Kier molecular flexibility index (Phi) is 6.63. The second kappa shape index (κ2) is 8.07. The van der Waals surface area contributed by atoms with E-state index in [1.165, 1.54) is 5.56 Å². The van der Waals surface area contributed by atoms with Crippen LogP contribution in [0.2, 0.25) is 0 Å². The van der Waals surface area contributed by atoms with Crippen molar-refractivity contribution in [3.8, 4) is 5.75 Å². The summed E-state index contributed by atoms with van der Waals surface area (Å²) in [5, 5.41) is 0. The van der Waals surface area contributed by atoms with Crippen molar-refractivity contribution in [1.82, 2.24) is 4.90 Å². The van der Waals surface area contributed by atoms with Crippen molar-refractivity contribution in [3.05, 3.63) is 29.8 Å². The van der Waals surface area contributed by atoms with Crippen LogP contribution in [0, 0.1) is 0 Å². The Labute approximate surface area is 103 Å². The molecule has 0 aliphatic rings. The zero-order chi connectivity index (χ0) is 12.5. The highest BCUT2D eigenvalue weighted by molar-refractivity contribution is 5.27. The summed E-state index contributed by atoms with van der Waals surface area (Å²) in [7, 11) is 4.17. The standard InChI is InChI=1S/C14H22FNO/c1-16(2)11-3-5-13-6-8-14(9-7-13)17-12-4-10-15/h6-9H,3-5,10-12H2,1-2H3. The van der Waals surface area contributed by atoms with Crippen LogP contribution in [0.5, 0.6) is 5.75 Å². The average Bonchev–Trinajstić information content (AvgIpc) is 2.31. The van der Waals surface area contributed by atoms with Gasteiger partial charge >= 0.3 is 0 Å². The number of halogens is 1. The van der Waals surface area contributed by atoms with E-state index < -0.39 is 0 Å². The molecule has 1 aromatic carbocycles. The monoisotopic (exact) mass is 239 g/mol. The van der Waals surface area contributed by atoms with E-state index in [1.54, 1.807) is 0 Å². The van der Waals surface area contributed by atoms with Crippen molar-refractivity contribution in [2.45, 2.75) is 19.3 Å². The van der Waals surface area contributed by atoms with Gasteiger partial charge in [0.05, 0.1) is 13.3 Å². The smallest absolute Gasteiger partial charge is 0.119 e. The van der Waals surface area contributed by atoms with Gasteiger partial charge in [-0.2, -0.15) is 0 Å². The Morgan fingerprint density at radius 2 is 1.82 bits per heavy atom.